The Morgan fingerprint density at radius 2 is 2.14 bits per heavy atom. The SMILES string of the molecule is CNC1CCCN(C(=O)CCSc2ccc(Br)cc2)C1.Cl. The molecule has 1 fully saturated rings. The summed E-state index contributed by atoms with van der Waals surface area (Å²) in [6.45, 7) is 1.78. The average Bonchev–Trinajstić information content (AvgIpc) is 2.49. The molecule has 1 aromatic carbocycles. The van der Waals surface area contributed by atoms with Gasteiger partial charge in [-0.15, -0.1) is 24.2 Å². The lowest BCUT2D eigenvalue weighted by molar-refractivity contribution is -0.132. The first-order valence-electron chi connectivity index (χ1n) is 7.02. The number of hydrogen-bond donors (Lipinski definition) is 1. The number of likely N-dealkylation sites (tertiary alicyclic amines) is 1. The van der Waals surface area contributed by atoms with E-state index in [4.69, 9.17) is 0 Å². The van der Waals surface area contributed by atoms with Gasteiger partial charge in [-0.25, -0.2) is 0 Å². The van der Waals surface area contributed by atoms with Crippen molar-refractivity contribution in [1.82, 2.24) is 10.2 Å². The molecule has 3 nitrogen and oxygen atoms in total. The number of benzene rings is 1. The molecule has 0 radical (unpaired) electrons. The van der Waals surface area contributed by atoms with Gasteiger partial charge in [0.2, 0.25) is 5.91 Å². The Morgan fingerprint density at radius 3 is 2.81 bits per heavy atom. The molecular weight excluding hydrogens is 372 g/mol. The number of carbonyl (C=O) groups excluding carboxylic acids is 1. The highest BCUT2D eigenvalue weighted by molar-refractivity contribution is 9.10. The van der Waals surface area contributed by atoms with E-state index in [1.165, 1.54) is 11.3 Å². The summed E-state index contributed by atoms with van der Waals surface area (Å²) in [6, 6.07) is 8.69. The predicted molar refractivity (Wildman–Crippen MR) is 95.4 cm³/mol. The second-order valence-corrected chi connectivity index (χ2v) is 7.10. The van der Waals surface area contributed by atoms with Gasteiger partial charge in [0.1, 0.15) is 0 Å². The third-order valence-electron chi connectivity index (χ3n) is 3.58. The Balaban J connectivity index is 0.00000220. The minimum absolute atomic E-state index is 0. The standard InChI is InChI=1S/C15H21BrN2OS.ClH/c1-17-13-3-2-9-18(11-13)15(19)8-10-20-14-6-4-12(16)5-7-14;/h4-7,13,17H,2-3,8-11H2,1H3;1H. The number of likely N-dealkylation sites (N-methyl/N-ethyl adjacent to an activating group) is 1. The molecule has 1 heterocycles. The van der Waals surface area contributed by atoms with Gasteiger partial charge in [-0.1, -0.05) is 15.9 Å². The van der Waals surface area contributed by atoms with E-state index >= 15 is 0 Å². The lowest BCUT2D eigenvalue weighted by atomic mass is 10.1. The maximum absolute atomic E-state index is 12.2. The molecule has 1 saturated heterocycles. The average molecular weight is 394 g/mol. The summed E-state index contributed by atoms with van der Waals surface area (Å²) in [4.78, 5) is 15.4. The Labute approximate surface area is 145 Å². The molecule has 1 aromatic rings. The number of thioether (sulfide) groups is 1. The molecule has 0 spiro atoms. The van der Waals surface area contributed by atoms with E-state index < -0.39 is 0 Å². The number of rotatable bonds is 5. The summed E-state index contributed by atoms with van der Waals surface area (Å²) < 4.78 is 1.09. The Morgan fingerprint density at radius 1 is 1.43 bits per heavy atom. The molecule has 1 unspecified atom stereocenters. The van der Waals surface area contributed by atoms with Crippen molar-refractivity contribution in [2.75, 3.05) is 25.9 Å². The summed E-state index contributed by atoms with van der Waals surface area (Å²) in [5, 5.41) is 3.27. The minimum atomic E-state index is 0. The molecule has 1 aliphatic heterocycles. The molecular formula is C15H22BrClN2OS. The maximum atomic E-state index is 12.2. The summed E-state index contributed by atoms with van der Waals surface area (Å²) in [5.41, 5.74) is 0. The van der Waals surface area contributed by atoms with Crippen LogP contribution in [0.2, 0.25) is 0 Å². The van der Waals surface area contributed by atoms with Crippen LogP contribution in [0.3, 0.4) is 0 Å². The largest absolute Gasteiger partial charge is 0.341 e. The van der Waals surface area contributed by atoms with Crippen LogP contribution in [0.1, 0.15) is 19.3 Å². The highest BCUT2D eigenvalue weighted by atomic mass is 79.9. The van der Waals surface area contributed by atoms with Crippen molar-refractivity contribution in [2.45, 2.75) is 30.2 Å². The number of piperidine rings is 1. The third-order valence-corrected chi connectivity index (χ3v) is 5.12. The zero-order valence-electron chi connectivity index (χ0n) is 12.2. The van der Waals surface area contributed by atoms with Crippen LogP contribution in [-0.4, -0.2) is 42.7 Å². The molecule has 1 aliphatic rings. The van der Waals surface area contributed by atoms with Crippen molar-refractivity contribution in [2.24, 2.45) is 0 Å². The second kappa shape index (κ2) is 9.72. The van der Waals surface area contributed by atoms with Gasteiger partial charge in [-0.2, -0.15) is 0 Å². The first-order valence-corrected chi connectivity index (χ1v) is 8.80. The van der Waals surface area contributed by atoms with E-state index in [1.807, 2.05) is 24.1 Å². The van der Waals surface area contributed by atoms with Crippen LogP contribution in [0.25, 0.3) is 0 Å². The number of hydrogen-bond acceptors (Lipinski definition) is 3. The fraction of sp³-hybridized carbons (Fsp3) is 0.533. The third kappa shape index (κ3) is 6.19. The van der Waals surface area contributed by atoms with Gasteiger partial charge in [0.15, 0.2) is 0 Å². The Hall–Kier alpha value is -0.230. The lowest BCUT2D eigenvalue weighted by Gasteiger charge is -2.32. The molecule has 21 heavy (non-hydrogen) atoms. The van der Waals surface area contributed by atoms with Crippen LogP contribution in [0, 0.1) is 0 Å². The molecule has 1 amide bonds. The van der Waals surface area contributed by atoms with E-state index in [-0.39, 0.29) is 18.3 Å². The lowest BCUT2D eigenvalue weighted by Crippen LogP contribution is -2.47. The van der Waals surface area contributed by atoms with E-state index in [0.717, 1.165) is 29.7 Å². The van der Waals surface area contributed by atoms with Crippen molar-refractivity contribution < 1.29 is 4.79 Å². The minimum Gasteiger partial charge on any atom is -0.341 e. The smallest absolute Gasteiger partial charge is 0.223 e. The highest BCUT2D eigenvalue weighted by Gasteiger charge is 2.21. The molecule has 1 atom stereocenters. The number of nitrogens with zero attached hydrogens (tertiary/aromatic N) is 1. The van der Waals surface area contributed by atoms with Crippen LogP contribution in [0.15, 0.2) is 33.6 Å². The summed E-state index contributed by atoms with van der Waals surface area (Å²) in [5.74, 6) is 1.14. The molecule has 118 valence electrons. The topological polar surface area (TPSA) is 32.3 Å². The number of carbonyl (C=O) groups is 1. The van der Waals surface area contributed by atoms with Crippen molar-refractivity contribution in [3.8, 4) is 0 Å². The molecule has 1 N–H and O–H groups in total. The van der Waals surface area contributed by atoms with E-state index in [1.54, 1.807) is 11.8 Å². The van der Waals surface area contributed by atoms with Gasteiger partial charge in [-0.3, -0.25) is 4.79 Å². The number of nitrogens with one attached hydrogen (secondary N) is 1. The zero-order valence-corrected chi connectivity index (χ0v) is 15.4. The number of halogens is 2. The van der Waals surface area contributed by atoms with Gasteiger partial charge in [0.05, 0.1) is 0 Å². The zero-order chi connectivity index (χ0) is 14.4. The first kappa shape index (κ1) is 18.8. The second-order valence-electron chi connectivity index (χ2n) is 5.02. The van der Waals surface area contributed by atoms with Gasteiger partial charge < -0.3 is 10.2 Å². The highest BCUT2D eigenvalue weighted by Crippen LogP contribution is 2.21. The van der Waals surface area contributed by atoms with Crippen LogP contribution < -0.4 is 5.32 Å². The van der Waals surface area contributed by atoms with Gasteiger partial charge in [0.25, 0.3) is 0 Å². The Bertz CT molecular complexity index is 444. The van der Waals surface area contributed by atoms with Crippen molar-refractivity contribution in [3.05, 3.63) is 28.7 Å². The van der Waals surface area contributed by atoms with Crippen molar-refractivity contribution >= 4 is 46.0 Å². The van der Waals surface area contributed by atoms with E-state index in [0.29, 0.717) is 12.5 Å². The van der Waals surface area contributed by atoms with Gasteiger partial charge in [0, 0.05) is 40.7 Å². The molecule has 0 aromatic heterocycles. The van der Waals surface area contributed by atoms with E-state index in [9.17, 15) is 4.79 Å². The summed E-state index contributed by atoms with van der Waals surface area (Å²) >= 11 is 5.17. The first-order chi connectivity index (χ1) is 9.69. The fourth-order valence-corrected chi connectivity index (χ4v) is 3.49. The van der Waals surface area contributed by atoms with Crippen molar-refractivity contribution in [1.29, 1.82) is 0 Å². The molecule has 2 rings (SSSR count). The predicted octanol–water partition coefficient (Wildman–Crippen LogP) is 3.56. The summed E-state index contributed by atoms with van der Waals surface area (Å²) in [6.07, 6.45) is 2.90. The van der Waals surface area contributed by atoms with Crippen LogP contribution >= 0.6 is 40.1 Å². The normalized spacial score (nSPS) is 18.2. The monoisotopic (exact) mass is 392 g/mol. The van der Waals surface area contributed by atoms with Gasteiger partial charge >= 0.3 is 0 Å². The molecule has 0 bridgehead atoms. The molecule has 0 saturated carbocycles. The quantitative estimate of drug-likeness (QED) is 0.776. The van der Waals surface area contributed by atoms with E-state index in [2.05, 4.69) is 33.4 Å². The van der Waals surface area contributed by atoms with Crippen LogP contribution in [0.5, 0.6) is 0 Å². The molecule has 0 aliphatic carbocycles. The van der Waals surface area contributed by atoms with Gasteiger partial charge in [-0.05, 0) is 44.2 Å². The Kier molecular flexibility index (Phi) is 8.71. The number of amides is 1. The fourth-order valence-electron chi connectivity index (χ4n) is 2.38. The molecule has 6 heteroatoms. The van der Waals surface area contributed by atoms with Crippen LogP contribution in [0.4, 0.5) is 0 Å². The van der Waals surface area contributed by atoms with Crippen molar-refractivity contribution in [3.63, 3.8) is 0 Å². The van der Waals surface area contributed by atoms with Crippen LogP contribution in [-0.2, 0) is 4.79 Å². The maximum Gasteiger partial charge on any atom is 0.223 e. The summed E-state index contributed by atoms with van der Waals surface area (Å²) in [7, 11) is 1.97.